The van der Waals surface area contributed by atoms with Gasteiger partial charge >= 0.3 is 0 Å². The van der Waals surface area contributed by atoms with Gasteiger partial charge in [-0.2, -0.15) is 14.7 Å². The fourth-order valence-electron chi connectivity index (χ4n) is 0.604. The average Bonchev–Trinajstić information content (AvgIpc) is 2.33. The summed E-state index contributed by atoms with van der Waals surface area (Å²) in [6.45, 7) is 0. The zero-order valence-electron chi connectivity index (χ0n) is 4.47. The lowest BCUT2D eigenvalue weighted by atomic mass is 10.8. The molecule has 2 aromatic heterocycles. The van der Waals surface area contributed by atoms with E-state index < -0.39 is 0 Å². The third kappa shape index (κ3) is 0.543. The van der Waals surface area contributed by atoms with Crippen molar-refractivity contribution in [2.75, 3.05) is 0 Å². The van der Waals surface area contributed by atoms with Crippen LogP contribution in [0.5, 0.6) is 0 Å². The molecular weight excluding hydrogens is 118 g/mol. The van der Waals surface area contributed by atoms with Crippen LogP contribution in [0.2, 0.25) is 0 Å². The third-order valence-electron chi connectivity index (χ3n) is 1.00. The average molecular weight is 121 g/mol. The highest BCUT2D eigenvalue weighted by Crippen LogP contribution is 1.87. The highest BCUT2D eigenvalue weighted by molar-refractivity contribution is 5.29. The normalized spacial score (nSPS) is 10.2. The molecule has 0 aliphatic rings. The van der Waals surface area contributed by atoms with E-state index in [2.05, 4.69) is 20.3 Å². The van der Waals surface area contributed by atoms with Gasteiger partial charge < -0.3 is 0 Å². The standard InChI is InChI=1S/C4H3N5/c1-4-5-2-8-9(4)3-7-6-1/h1-3H. The first-order valence-electron chi connectivity index (χ1n) is 2.43. The van der Waals surface area contributed by atoms with Gasteiger partial charge in [0.2, 0.25) is 0 Å². The first-order valence-corrected chi connectivity index (χ1v) is 2.43. The fourth-order valence-corrected chi connectivity index (χ4v) is 0.604. The topological polar surface area (TPSA) is 56.0 Å². The van der Waals surface area contributed by atoms with Gasteiger partial charge in [-0.1, -0.05) is 0 Å². The van der Waals surface area contributed by atoms with Gasteiger partial charge in [0.1, 0.15) is 12.7 Å². The molecule has 5 nitrogen and oxygen atoms in total. The molecule has 2 aromatic rings. The van der Waals surface area contributed by atoms with Crippen LogP contribution in [0.15, 0.2) is 18.9 Å². The molecule has 0 saturated heterocycles. The first-order chi connectivity index (χ1) is 4.47. The summed E-state index contributed by atoms with van der Waals surface area (Å²) in [6, 6.07) is 0. The van der Waals surface area contributed by atoms with Gasteiger partial charge in [0.05, 0.1) is 6.20 Å². The molecule has 0 fully saturated rings. The SMILES string of the molecule is c1nc2cnncn2n1. The van der Waals surface area contributed by atoms with Crippen LogP contribution < -0.4 is 0 Å². The maximum Gasteiger partial charge on any atom is 0.177 e. The molecule has 0 bridgehead atoms. The Labute approximate surface area is 50.4 Å². The quantitative estimate of drug-likeness (QED) is 0.472. The molecule has 0 aliphatic heterocycles. The summed E-state index contributed by atoms with van der Waals surface area (Å²) in [6.07, 6.45) is 4.51. The summed E-state index contributed by atoms with van der Waals surface area (Å²) in [5, 5.41) is 11.0. The number of hydrogen-bond donors (Lipinski definition) is 0. The maximum atomic E-state index is 3.87. The van der Waals surface area contributed by atoms with Gasteiger partial charge in [0, 0.05) is 0 Å². The van der Waals surface area contributed by atoms with E-state index in [4.69, 9.17) is 0 Å². The number of fused-ring (bicyclic) bond motifs is 1. The van der Waals surface area contributed by atoms with Crippen LogP contribution in [-0.4, -0.2) is 24.8 Å². The van der Waals surface area contributed by atoms with Crippen molar-refractivity contribution >= 4 is 5.65 Å². The van der Waals surface area contributed by atoms with Gasteiger partial charge in [-0.15, -0.1) is 5.10 Å². The van der Waals surface area contributed by atoms with Crippen molar-refractivity contribution < 1.29 is 0 Å². The summed E-state index contributed by atoms with van der Waals surface area (Å²) >= 11 is 0. The van der Waals surface area contributed by atoms with E-state index in [1.165, 1.54) is 12.7 Å². The molecular formula is C4H3N5. The highest BCUT2D eigenvalue weighted by atomic mass is 15.3. The maximum absolute atomic E-state index is 3.87. The molecule has 0 atom stereocenters. The molecule has 0 radical (unpaired) electrons. The van der Waals surface area contributed by atoms with Crippen molar-refractivity contribution in [1.29, 1.82) is 0 Å². The van der Waals surface area contributed by atoms with Gasteiger partial charge in [0.15, 0.2) is 5.65 Å². The van der Waals surface area contributed by atoms with Gasteiger partial charge in [-0.05, 0) is 0 Å². The Morgan fingerprint density at radius 1 is 1.33 bits per heavy atom. The summed E-state index contributed by atoms with van der Waals surface area (Å²) < 4.78 is 1.55. The second kappa shape index (κ2) is 1.48. The van der Waals surface area contributed by atoms with Gasteiger partial charge in [-0.3, -0.25) is 0 Å². The summed E-state index contributed by atoms with van der Waals surface area (Å²) in [7, 11) is 0. The Bertz CT molecular complexity index is 283. The van der Waals surface area contributed by atoms with Gasteiger partial charge in [-0.25, -0.2) is 4.98 Å². The molecule has 0 unspecified atom stereocenters. The fraction of sp³-hybridized carbons (Fsp3) is 0. The summed E-state index contributed by atoms with van der Waals surface area (Å²) in [5.41, 5.74) is 0.713. The van der Waals surface area contributed by atoms with E-state index in [9.17, 15) is 0 Å². The monoisotopic (exact) mass is 121 g/mol. The third-order valence-corrected chi connectivity index (χ3v) is 1.00. The molecule has 2 heterocycles. The van der Waals surface area contributed by atoms with Crippen LogP contribution in [0.25, 0.3) is 5.65 Å². The van der Waals surface area contributed by atoms with Crippen molar-refractivity contribution in [1.82, 2.24) is 24.8 Å². The summed E-state index contributed by atoms with van der Waals surface area (Å²) in [5.74, 6) is 0. The Kier molecular flexibility index (Phi) is 0.717. The Morgan fingerprint density at radius 3 is 3.22 bits per heavy atom. The zero-order chi connectivity index (χ0) is 6.10. The predicted octanol–water partition coefficient (Wildman–Crippen LogP) is -0.481. The van der Waals surface area contributed by atoms with Crippen molar-refractivity contribution in [3.63, 3.8) is 0 Å². The van der Waals surface area contributed by atoms with E-state index in [0.717, 1.165) is 0 Å². The van der Waals surface area contributed by atoms with Crippen LogP contribution in [0, 0.1) is 0 Å². The van der Waals surface area contributed by atoms with Crippen molar-refractivity contribution in [3.05, 3.63) is 18.9 Å². The van der Waals surface area contributed by atoms with Crippen LogP contribution in [0.4, 0.5) is 0 Å². The van der Waals surface area contributed by atoms with E-state index in [1.807, 2.05) is 0 Å². The smallest absolute Gasteiger partial charge is 0.177 e. The molecule has 0 N–H and O–H groups in total. The molecule has 9 heavy (non-hydrogen) atoms. The van der Waals surface area contributed by atoms with E-state index in [0.29, 0.717) is 5.65 Å². The number of aromatic nitrogens is 5. The van der Waals surface area contributed by atoms with E-state index in [-0.39, 0.29) is 0 Å². The second-order valence-electron chi connectivity index (χ2n) is 1.54. The minimum Gasteiger partial charge on any atom is -0.214 e. The van der Waals surface area contributed by atoms with Crippen LogP contribution in [0.1, 0.15) is 0 Å². The Morgan fingerprint density at radius 2 is 2.33 bits per heavy atom. The molecule has 0 aliphatic carbocycles. The molecule has 5 heteroatoms. The number of nitrogens with zero attached hydrogens (tertiary/aromatic N) is 5. The Balaban J connectivity index is 2.95. The molecule has 2 rings (SSSR count). The van der Waals surface area contributed by atoms with Crippen molar-refractivity contribution in [2.45, 2.75) is 0 Å². The first kappa shape index (κ1) is 4.37. The van der Waals surface area contributed by atoms with Crippen LogP contribution in [-0.2, 0) is 0 Å². The minimum absolute atomic E-state index is 0.713. The van der Waals surface area contributed by atoms with Crippen molar-refractivity contribution in [3.8, 4) is 0 Å². The van der Waals surface area contributed by atoms with Crippen molar-refractivity contribution in [2.24, 2.45) is 0 Å². The molecule has 0 amide bonds. The highest BCUT2D eigenvalue weighted by Gasteiger charge is 1.89. The number of rotatable bonds is 0. The zero-order valence-corrected chi connectivity index (χ0v) is 4.47. The predicted molar refractivity (Wildman–Crippen MR) is 28.6 cm³/mol. The molecule has 0 spiro atoms. The van der Waals surface area contributed by atoms with E-state index in [1.54, 1.807) is 10.7 Å². The Hall–Kier alpha value is -1.52. The minimum atomic E-state index is 0.713. The van der Waals surface area contributed by atoms with Crippen LogP contribution >= 0.6 is 0 Å². The lowest BCUT2D eigenvalue weighted by Gasteiger charge is -1.82. The largest absolute Gasteiger partial charge is 0.214 e. The summed E-state index contributed by atoms with van der Waals surface area (Å²) in [4.78, 5) is 3.87. The number of hydrogen-bond acceptors (Lipinski definition) is 4. The van der Waals surface area contributed by atoms with E-state index >= 15 is 0 Å². The molecule has 0 saturated carbocycles. The van der Waals surface area contributed by atoms with Crippen LogP contribution in [0.3, 0.4) is 0 Å². The van der Waals surface area contributed by atoms with Gasteiger partial charge in [0.25, 0.3) is 0 Å². The second-order valence-corrected chi connectivity index (χ2v) is 1.54. The molecule has 44 valence electrons. The molecule has 0 aromatic carbocycles. The lowest BCUT2D eigenvalue weighted by molar-refractivity contribution is 0.863. The lowest BCUT2D eigenvalue weighted by Crippen LogP contribution is -1.89.